The monoisotopic (exact) mass is 346 g/mol. The second-order valence-corrected chi connectivity index (χ2v) is 7.59. The molecule has 4 heteroatoms. The van der Waals surface area contributed by atoms with Crippen LogP contribution in [0.4, 0.5) is 0 Å². The van der Waals surface area contributed by atoms with E-state index in [0.717, 1.165) is 17.6 Å². The molecule has 2 aliphatic carbocycles. The summed E-state index contributed by atoms with van der Waals surface area (Å²) < 4.78 is 5.59. The molecule has 0 radical (unpaired) electrons. The minimum atomic E-state index is -0.853. The molecule has 138 valence electrons. The van der Waals surface area contributed by atoms with Crippen molar-refractivity contribution in [3.05, 3.63) is 35.5 Å². The number of hydrogen-bond acceptors (Lipinski definition) is 4. The number of carbonyl (C=O) groups is 2. The number of ketones is 1. The summed E-state index contributed by atoms with van der Waals surface area (Å²) in [6, 6.07) is 0. The van der Waals surface area contributed by atoms with Crippen LogP contribution in [0, 0.1) is 23.7 Å². The fourth-order valence-corrected chi connectivity index (χ4v) is 4.30. The Hall–Kier alpha value is -1.68. The smallest absolute Gasteiger partial charge is 0.331 e. The first-order valence-electron chi connectivity index (χ1n) is 9.16. The maximum atomic E-state index is 12.4. The van der Waals surface area contributed by atoms with Crippen LogP contribution < -0.4 is 0 Å². The summed E-state index contributed by atoms with van der Waals surface area (Å²) in [6.45, 7) is 13.9. The first-order valence-corrected chi connectivity index (χ1v) is 9.16. The number of carbonyl (C=O) groups excluding carboxylic acids is 2. The molecule has 2 aliphatic rings. The zero-order valence-electron chi connectivity index (χ0n) is 15.9. The normalized spacial score (nSPS) is 34.6. The number of ether oxygens (including phenoxy) is 1. The molecule has 2 fully saturated rings. The van der Waals surface area contributed by atoms with Crippen LogP contribution in [0.25, 0.3) is 0 Å². The van der Waals surface area contributed by atoms with Gasteiger partial charge in [-0.2, -0.15) is 0 Å². The average Bonchev–Trinajstić information content (AvgIpc) is 2.87. The van der Waals surface area contributed by atoms with Crippen molar-refractivity contribution in [2.24, 2.45) is 23.7 Å². The van der Waals surface area contributed by atoms with Crippen LogP contribution in [-0.2, 0) is 14.3 Å². The fraction of sp³-hybridized carbons (Fsp3) is 0.619. The summed E-state index contributed by atoms with van der Waals surface area (Å²) in [5.74, 6) is -0.425. The molecule has 0 saturated heterocycles. The number of rotatable bonds is 4. The van der Waals surface area contributed by atoms with Gasteiger partial charge in [0.1, 0.15) is 6.10 Å². The zero-order valence-corrected chi connectivity index (χ0v) is 15.9. The van der Waals surface area contributed by atoms with Crippen LogP contribution in [-0.4, -0.2) is 29.1 Å². The van der Waals surface area contributed by atoms with Crippen molar-refractivity contribution in [3.63, 3.8) is 0 Å². The maximum Gasteiger partial charge on any atom is 0.331 e. The molecule has 0 amide bonds. The summed E-state index contributed by atoms with van der Waals surface area (Å²) in [6.07, 6.45) is 2.87. The number of esters is 1. The van der Waals surface area contributed by atoms with E-state index in [4.69, 9.17) is 4.74 Å². The van der Waals surface area contributed by atoms with Crippen molar-refractivity contribution >= 4 is 11.8 Å². The van der Waals surface area contributed by atoms with Gasteiger partial charge in [0.25, 0.3) is 0 Å². The Labute approximate surface area is 150 Å². The molecule has 2 rings (SSSR count). The molecule has 0 aromatic carbocycles. The number of fused-ring (bicyclic) bond motifs is 1. The van der Waals surface area contributed by atoms with E-state index in [1.165, 1.54) is 6.08 Å². The highest BCUT2D eigenvalue weighted by Crippen LogP contribution is 2.52. The van der Waals surface area contributed by atoms with Crippen molar-refractivity contribution in [2.75, 3.05) is 0 Å². The predicted octanol–water partition coefficient (Wildman–Crippen LogP) is 3.61. The van der Waals surface area contributed by atoms with Gasteiger partial charge in [0.2, 0.25) is 0 Å². The van der Waals surface area contributed by atoms with Gasteiger partial charge in [0.05, 0.1) is 6.10 Å². The van der Waals surface area contributed by atoms with Gasteiger partial charge < -0.3 is 9.84 Å². The summed E-state index contributed by atoms with van der Waals surface area (Å²) >= 11 is 0. The Balaban J connectivity index is 2.34. The quantitative estimate of drug-likeness (QED) is 0.480. The van der Waals surface area contributed by atoms with Gasteiger partial charge in [0, 0.05) is 12.5 Å². The van der Waals surface area contributed by atoms with E-state index >= 15 is 0 Å². The number of Topliss-reactive ketones (excluding diaryl/α,β-unsaturated/α-hetero) is 1. The SMILES string of the molecule is C=C1[C@@H]2CC(=O)/C(=C\C)[C@H]2[C@H](C(C)C)[C@H](O)[C@H]1OC(=O)/C=C(\C)CC. The predicted molar refractivity (Wildman–Crippen MR) is 97.8 cm³/mol. The molecule has 0 aromatic heterocycles. The molecule has 25 heavy (non-hydrogen) atoms. The Kier molecular flexibility index (Phi) is 6.04. The summed E-state index contributed by atoms with van der Waals surface area (Å²) in [5, 5.41) is 11.0. The van der Waals surface area contributed by atoms with Crippen LogP contribution in [0.3, 0.4) is 0 Å². The Morgan fingerprint density at radius 1 is 1.44 bits per heavy atom. The molecular formula is C21H30O4. The average molecular weight is 346 g/mol. The van der Waals surface area contributed by atoms with Gasteiger partial charge in [0.15, 0.2) is 5.78 Å². The van der Waals surface area contributed by atoms with Gasteiger partial charge in [-0.1, -0.05) is 39.0 Å². The third kappa shape index (κ3) is 3.64. The fourth-order valence-electron chi connectivity index (χ4n) is 4.30. The summed E-state index contributed by atoms with van der Waals surface area (Å²) in [7, 11) is 0. The van der Waals surface area contributed by atoms with Crippen LogP contribution in [0.15, 0.2) is 35.5 Å². The van der Waals surface area contributed by atoms with E-state index in [2.05, 4.69) is 6.58 Å². The largest absolute Gasteiger partial charge is 0.452 e. The van der Waals surface area contributed by atoms with Crippen molar-refractivity contribution in [1.29, 1.82) is 0 Å². The minimum Gasteiger partial charge on any atom is -0.452 e. The highest BCUT2D eigenvalue weighted by atomic mass is 16.6. The molecule has 0 aliphatic heterocycles. The van der Waals surface area contributed by atoms with Crippen molar-refractivity contribution in [3.8, 4) is 0 Å². The zero-order chi connectivity index (χ0) is 18.9. The van der Waals surface area contributed by atoms with E-state index in [0.29, 0.717) is 12.0 Å². The van der Waals surface area contributed by atoms with Crippen molar-refractivity contribution < 1.29 is 19.4 Å². The topological polar surface area (TPSA) is 63.6 Å². The third-order valence-corrected chi connectivity index (χ3v) is 5.73. The van der Waals surface area contributed by atoms with E-state index in [1.54, 1.807) is 0 Å². The van der Waals surface area contributed by atoms with Crippen molar-refractivity contribution in [1.82, 2.24) is 0 Å². The molecule has 0 bridgehead atoms. The first kappa shape index (κ1) is 19.6. The minimum absolute atomic E-state index is 0.0390. The summed E-state index contributed by atoms with van der Waals surface area (Å²) in [4.78, 5) is 24.6. The Morgan fingerprint density at radius 3 is 2.60 bits per heavy atom. The number of aliphatic hydroxyl groups excluding tert-OH is 1. The van der Waals surface area contributed by atoms with Crippen LogP contribution >= 0.6 is 0 Å². The Bertz CT molecular complexity index is 626. The van der Waals surface area contributed by atoms with E-state index in [-0.39, 0.29) is 29.5 Å². The molecule has 0 unspecified atom stereocenters. The lowest BCUT2D eigenvalue weighted by molar-refractivity contribution is -0.153. The van der Waals surface area contributed by atoms with Crippen LogP contribution in [0.1, 0.15) is 47.5 Å². The molecule has 0 spiro atoms. The summed E-state index contributed by atoms with van der Waals surface area (Å²) in [5.41, 5.74) is 2.37. The standard InChI is InChI=1S/C21H30O4/c1-7-12(5)9-17(23)25-21-13(6)15-10-16(22)14(8-2)19(15)18(11(3)4)20(21)24/h8-9,11,15,18-21,24H,6-7,10H2,1-5H3/b12-9+,14-8+/t15-,18-,19+,20-,21-/m0/s1. The van der Waals surface area contributed by atoms with Gasteiger partial charge in [-0.05, 0) is 55.1 Å². The van der Waals surface area contributed by atoms with E-state index in [1.807, 2.05) is 40.7 Å². The van der Waals surface area contributed by atoms with Crippen LogP contribution in [0.2, 0.25) is 0 Å². The molecule has 4 nitrogen and oxygen atoms in total. The number of hydrogen-bond donors (Lipinski definition) is 1. The first-order chi connectivity index (χ1) is 11.7. The van der Waals surface area contributed by atoms with E-state index in [9.17, 15) is 14.7 Å². The molecule has 1 N–H and O–H groups in total. The van der Waals surface area contributed by atoms with Gasteiger partial charge in [-0.25, -0.2) is 4.79 Å². The maximum absolute atomic E-state index is 12.4. The van der Waals surface area contributed by atoms with Crippen molar-refractivity contribution in [2.45, 2.75) is 59.7 Å². The highest BCUT2D eigenvalue weighted by molar-refractivity contribution is 5.99. The molecule has 0 aromatic rings. The van der Waals surface area contributed by atoms with Gasteiger partial charge >= 0.3 is 5.97 Å². The molecular weight excluding hydrogens is 316 g/mol. The highest BCUT2D eigenvalue weighted by Gasteiger charge is 2.54. The molecule has 0 heterocycles. The van der Waals surface area contributed by atoms with Crippen LogP contribution in [0.5, 0.6) is 0 Å². The second kappa shape index (κ2) is 7.69. The molecule has 5 atom stereocenters. The number of allylic oxidation sites excluding steroid dienone is 3. The Morgan fingerprint density at radius 2 is 2.08 bits per heavy atom. The van der Waals surface area contributed by atoms with Gasteiger partial charge in [-0.15, -0.1) is 0 Å². The lowest BCUT2D eigenvalue weighted by Gasteiger charge is -2.45. The lowest BCUT2D eigenvalue weighted by Crippen LogP contribution is -2.50. The third-order valence-electron chi connectivity index (χ3n) is 5.73. The number of aliphatic hydroxyl groups is 1. The lowest BCUT2D eigenvalue weighted by atomic mass is 9.64. The van der Waals surface area contributed by atoms with E-state index < -0.39 is 18.2 Å². The molecule has 2 saturated carbocycles. The second-order valence-electron chi connectivity index (χ2n) is 7.59. The van der Waals surface area contributed by atoms with Gasteiger partial charge in [-0.3, -0.25) is 4.79 Å².